The van der Waals surface area contributed by atoms with Crippen molar-refractivity contribution in [1.29, 1.82) is 0 Å². The molecule has 23 heavy (non-hydrogen) atoms. The number of piperidine rings is 1. The fourth-order valence-corrected chi connectivity index (χ4v) is 3.10. The molecule has 0 aromatic carbocycles. The number of β-amino-alcohol motifs (C(OH)–C–C–N with tert-alkyl or cyclic N) is 1. The molecule has 3 rings (SSSR count). The second-order valence-corrected chi connectivity index (χ2v) is 6.09. The van der Waals surface area contributed by atoms with Gasteiger partial charge in [0, 0.05) is 38.7 Å². The summed E-state index contributed by atoms with van der Waals surface area (Å²) in [7, 11) is 0. The third-order valence-electron chi connectivity index (χ3n) is 4.42. The summed E-state index contributed by atoms with van der Waals surface area (Å²) < 4.78 is 43.2. The number of aromatic nitrogens is 1. The molecule has 2 aliphatic heterocycles. The van der Waals surface area contributed by atoms with Crippen molar-refractivity contribution in [2.45, 2.75) is 37.1 Å². The number of fused-ring (bicyclic) bond motifs is 1. The van der Waals surface area contributed by atoms with Gasteiger partial charge in [-0.25, -0.2) is 4.98 Å². The predicted octanol–water partition coefficient (Wildman–Crippen LogP) is 1.80. The van der Waals surface area contributed by atoms with Crippen LogP contribution in [0.4, 0.5) is 13.2 Å². The molecule has 8 heteroatoms. The number of likely N-dealkylation sites (tertiary alicyclic amines) is 1. The van der Waals surface area contributed by atoms with E-state index in [-0.39, 0.29) is 12.2 Å². The van der Waals surface area contributed by atoms with Crippen LogP contribution in [-0.2, 0) is 0 Å². The van der Waals surface area contributed by atoms with Gasteiger partial charge in [0.1, 0.15) is 17.0 Å². The Morgan fingerprint density at radius 1 is 1.39 bits per heavy atom. The molecule has 1 fully saturated rings. The van der Waals surface area contributed by atoms with Crippen molar-refractivity contribution in [3.8, 4) is 5.75 Å². The summed E-state index contributed by atoms with van der Waals surface area (Å²) in [6.07, 6.45) is -4.37. The summed E-state index contributed by atoms with van der Waals surface area (Å²) in [5, 5.41) is 9.15. The lowest BCUT2D eigenvalue weighted by atomic mass is 9.83. The molecule has 1 aromatic heterocycles. The molecule has 5 nitrogen and oxygen atoms in total. The Morgan fingerprint density at radius 3 is 2.74 bits per heavy atom. The fourth-order valence-electron chi connectivity index (χ4n) is 3.10. The van der Waals surface area contributed by atoms with Gasteiger partial charge in [-0.3, -0.25) is 4.79 Å². The molecule has 1 N–H and O–H groups in total. The zero-order valence-electron chi connectivity index (χ0n) is 12.3. The molecule has 1 aromatic rings. The normalized spacial score (nSPS) is 22.5. The number of hydrogen-bond acceptors (Lipinski definition) is 5. The first kappa shape index (κ1) is 16.2. The van der Waals surface area contributed by atoms with E-state index in [0.717, 1.165) is 0 Å². The van der Waals surface area contributed by atoms with Crippen LogP contribution in [0.1, 0.15) is 29.8 Å². The molecule has 0 bridgehead atoms. The number of pyridine rings is 1. The summed E-state index contributed by atoms with van der Waals surface area (Å²) in [5.41, 5.74) is -0.361. The van der Waals surface area contributed by atoms with Crippen LogP contribution in [0, 0.1) is 0 Å². The van der Waals surface area contributed by atoms with Crippen LogP contribution in [0.15, 0.2) is 18.3 Å². The highest BCUT2D eigenvalue weighted by Crippen LogP contribution is 2.38. The third kappa shape index (κ3) is 3.32. The molecule has 1 spiro atoms. The zero-order valence-corrected chi connectivity index (χ0v) is 12.3. The number of aliphatic hydroxyl groups excluding tert-OH is 1. The average molecular weight is 330 g/mol. The Hall–Kier alpha value is -1.67. The maximum absolute atomic E-state index is 12.4. The van der Waals surface area contributed by atoms with E-state index in [1.165, 1.54) is 6.20 Å². The van der Waals surface area contributed by atoms with E-state index in [1.807, 2.05) is 0 Å². The van der Waals surface area contributed by atoms with Gasteiger partial charge in [-0.15, -0.1) is 0 Å². The minimum atomic E-state index is -4.61. The standard InChI is InChI=1S/C15H17F3N2O3/c16-15(17,18)12(22)9-20-6-3-14(4-7-20)8-10(21)13-11(23-14)2-1-5-19-13/h1-2,5,12,22H,3-4,6-9H2/t12-/m1/s1. The number of Topliss-reactive ketones (excluding diaryl/α,β-unsaturated/α-hetero) is 1. The number of rotatable bonds is 2. The van der Waals surface area contributed by atoms with Crippen molar-refractivity contribution in [3.63, 3.8) is 0 Å². The van der Waals surface area contributed by atoms with E-state index in [2.05, 4.69) is 4.98 Å². The van der Waals surface area contributed by atoms with E-state index < -0.39 is 24.4 Å². The van der Waals surface area contributed by atoms with Crippen molar-refractivity contribution in [2.24, 2.45) is 0 Å². The molecule has 2 aliphatic rings. The van der Waals surface area contributed by atoms with Crippen molar-refractivity contribution in [1.82, 2.24) is 9.88 Å². The van der Waals surface area contributed by atoms with Crippen LogP contribution in [0.5, 0.6) is 5.75 Å². The number of carbonyl (C=O) groups is 1. The van der Waals surface area contributed by atoms with Crippen LogP contribution < -0.4 is 4.74 Å². The van der Waals surface area contributed by atoms with E-state index in [9.17, 15) is 18.0 Å². The van der Waals surface area contributed by atoms with Crippen molar-refractivity contribution in [3.05, 3.63) is 24.0 Å². The Bertz CT molecular complexity index is 598. The number of aliphatic hydroxyl groups is 1. The van der Waals surface area contributed by atoms with Crippen LogP contribution in [-0.4, -0.2) is 58.3 Å². The van der Waals surface area contributed by atoms with Gasteiger partial charge in [-0.1, -0.05) is 0 Å². The van der Waals surface area contributed by atoms with E-state index >= 15 is 0 Å². The molecule has 0 aliphatic carbocycles. The van der Waals surface area contributed by atoms with Crippen molar-refractivity contribution < 1.29 is 27.8 Å². The Labute approximate surface area is 131 Å². The van der Waals surface area contributed by atoms with Gasteiger partial charge in [0.2, 0.25) is 0 Å². The molecule has 0 saturated carbocycles. The second kappa shape index (κ2) is 5.76. The first-order valence-electron chi connectivity index (χ1n) is 7.43. The lowest BCUT2D eigenvalue weighted by Gasteiger charge is -2.44. The number of ether oxygens (including phenoxy) is 1. The van der Waals surface area contributed by atoms with Gasteiger partial charge in [-0.2, -0.15) is 13.2 Å². The minimum Gasteiger partial charge on any atom is -0.484 e. The molecule has 0 radical (unpaired) electrons. The second-order valence-electron chi connectivity index (χ2n) is 6.09. The van der Waals surface area contributed by atoms with Crippen LogP contribution in [0.2, 0.25) is 0 Å². The van der Waals surface area contributed by atoms with Crippen molar-refractivity contribution >= 4 is 5.78 Å². The number of hydrogen-bond donors (Lipinski definition) is 1. The van der Waals surface area contributed by atoms with Crippen LogP contribution in [0.25, 0.3) is 0 Å². The number of nitrogens with zero attached hydrogens (tertiary/aromatic N) is 2. The van der Waals surface area contributed by atoms with Gasteiger partial charge < -0.3 is 14.7 Å². The van der Waals surface area contributed by atoms with E-state index in [1.54, 1.807) is 17.0 Å². The first-order valence-corrected chi connectivity index (χ1v) is 7.43. The molecule has 3 heterocycles. The largest absolute Gasteiger partial charge is 0.484 e. The van der Waals surface area contributed by atoms with Crippen LogP contribution >= 0.6 is 0 Å². The molecular weight excluding hydrogens is 313 g/mol. The summed E-state index contributed by atoms with van der Waals surface area (Å²) in [6.45, 7) is 0.234. The van der Waals surface area contributed by atoms with Gasteiger partial charge >= 0.3 is 6.18 Å². The van der Waals surface area contributed by atoms with E-state index in [0.29, 0.717) is 37.4 Å². The fraction of sp³-hybridized carbons (Fsp3) is 0.600. The maximum atomic E-state index is 12.4. The van der Waals surface area contributed by atoms with Crippen LogP contribution in [0.3, 0.4) is 0 Å². The number of carbonyl (C=O) groups excluding carboxylic acids is 1. The van der Waals surface area contributed by atoms with Gasteiger partial charge in [0.05, 0.1) is 6.42 Å². The van der Waals surface area contributed by atoms with Gasteiger partial charge in [0.25, 0.3) is 0 Å². The highest BCUT2D eigenvalue weighted by atomic mass is 19.4. The molecule has 0 unspecified atom stereocenters. The van der Waals surface area contributed by atoms with Gasteiger partial charge in [0.15, 0.2) is 11.9 Å². The molecule has 126 valence electrons. The molecular formula is C15H17F3N2O3. The molecule has 1 saturated heterocycles. The Kier molecular flexibility index (Phi) is 4.05. The molecule has 1 atom stereocenters. The lowest BCUT2D eigenvalue weighted by molar-refractivity contribution is -0.209. The highest BCUT2D eigenvalue weighted by molar-refractivity contribution is 5.98. The Balaban J connectivity index is 1.64. The predicted molar refractivity (Wildman–Crippen MR) is 74.3 cm³/mol. The smallest absolute Gasteiger partial charge is 0.415 e. The number of ketones is 1. The monoisotopic (exact) mass is 330 g/mol. The average Bonchev–Trinajstić information content (AvgIpc) is 2.49. The number of halogens is 3. The number of alkyl halides is 3. The summed E-state index contributed by atoms with van der Waals surface area (Å²) in [5.74, 6) is 0.336. The first-order chi connectivity index (χ1) is 10.8. The summed E-state index contributed by atoms with van der Waals surface area (Å²) in [4.78, 5) is 17.8. The third-order valence-corrected chi connectivity index (χ3v) is 4.42. The van der Waals surface area contributed by atoms with Gasteiger partial charge in [-0.05, 0) is 12.1 Å². The topological polar surface area (TPSA) is 62.7 Å². The maximum Gasteiger partial charge on any atom is 0.415 e. The minimum absolute atomic E-state index is 0.101. The summed E-state index contributed by atoms with van der Waals surface area (Å²) in [6, 6.07) is 3.36. The zero-order chi connectivity index (χ0) is 16.7. The summed E-state index contributed by atoms with van der Waals surface area (Å²) >= 11 is 0. The lowest BCUT2D eigenvalue weighted by Crippen LogP contribution is -2.53. The SMILES string of the molecule is O=C1CC2(CCN(C[C@@H](O)C(F)(F)F)CC2)Oc2cccnc21. The van der Waals surface area contributed by atoms with E-state index in [4.69, 9.17) is 9.84 Å². The Morgan fingerprint density at radius 2 is 2.09 bits per heavy atom. The highest BCUT2D eigenvalue weighted by Gasteiger charge is 2.45. The quantitative estimate of drug-likeness (QED) is 0.896. The molecule has 0 amide bonds. The van der Waals surface area contributed by atoms with Crippen molar-refractivity contribution in [2.75, 3.05) is 19.6 Å².